The standard InChI is InChI=1S/C19H20ClN3O/c1-14(15-6-5-7-16(20)12-15)22(2)10-11-23-13-21-18-9-4-3-8-17(18)19(23)24/h3-9,12-14H,10-11H2,1-2H3. The summed E-state index contributed by atoms with van der Waals surface area (Å²) in [5.74, 6) is 0. The Labute approximate surface area is 146 Å². The molecule has 0 spiro atoms. The lowest BCUT2D eigenvalue weighted by Crippen LogP contribution is -2.30. The van der Waals surface area contributed by atoms with Crippen LogP contribution in [0.4, 0.5) is 0 Å². The van der Waals surface area contributed by atoms with Crippen molar-refractivity contribution < 1.29 is 0 Å². The van der Waals surface area contributed by atoms with E-state index in [-0.39, 0.29) is 11.6 Å². The van der Waals surface area contributed by atoms with E-state index in [0.29, 0.717) is 11.9 Å². The topological polar surface area (TPSA) is 38.1 Å². The molecule has 0 fully saturated rings. The number of hydrogen-bond donors (Lipinski definition) is 0. The smallest absolute Gasteiger partial charge is 0.261 e. The first-order valence-corrected chi connectivity index (χ1v) is 8.34. The van der Waals surface area contributed by atoms with Crippen LogP contribution in [0.3, 0.4) is 0 Å². The molecular weight excluding hydrogens is 322 g/mol. The van der Waals surface area contributed by atoms with Crippen molar-refractivity contribution in [3.05, 3.63) is 75.8 Å². The summed E-state index contributed by atoms with van der Waals surface area (Å²) in [5, 5.41) is 1.40. The number of aromatic nitrogens is 2. The zero-order valence-corrected chi connectivity index (χ0v) is 14.6. The molecule has 124 valence electrons. The molecule has 1 heterocycles. The van der Waals surface area contributed by atoms with Gasteiger partial charge >= 0.3 is 0 Å². The van der Waals surface area contributed by atoms with Gasteiger partial charge in [-0.25, -0.2) is 4.98 Å². The van der Waals surface area contributed by atoms with E-state index in [1.165, 1.54) is 0 Å². The van der Waals surface area contributed by atoms with E-state index >= 15 is 0 Å². The Morgan fingerprint density at radius 3 is 2.79 bits per heavy atom. The van der Waals surface area contributed by atoms with E-state index in [4.69, 9.17) is 11.6 Å². The van der Waals surface area contributed by atoms with Gasteiger partial charge in [-0.2, -0.15) is 0 Å². The maximum absolute atomic E-state index is 12.5. The summed E-state index contributed by atoms with van der Waals surface area (Å²) in [4.78, 5) is 19.1. The fourth-order valence-corrected chi connectivity index (χ4v) is 2.94. The third-order valence-electron chi connectivity index (χ3n) is 4.42. The first-order chi connectivity index (χ1) is 11.6. The van der Waals surface area contributed by atoms with Crippen LogP contribution in [0.25, 0.3) is 10.9 Å². The second-order valence-corrected chi connectivity index (χ2v) is 6.41. The van der Waals surface area contributed by atoms with Gasteiger partial charge in [0.15, 0.2) is 0 Å². The number of likely N-dealkylation sites (N-methyl/N-ethyl adjacent to an activating group) is 1. The Kier molecular flexibility index (Phi) is 4.97. The van der Waals surface area contributed by atoms with Crippen molar-refractivity contribution >= 4 is 22.5 Å². The monoisotopic (exact) mass is 341 g/mol. The van der Waals surface area contributed by atoms with E-state index in [2.05, 4.69) is 22.9 Å². The molecule has 5 heteroatoms. The highest BCUT2D eigenvalue weighted by Crippen LogP contribution is 2.21. The first-order valence-electron chi connectivity index (χ1n) is 7.96. The lowest BCUT2D eigenvalue weighted by molar-refractivity contribution is 0.250. The Morgan fingerprint density at radius 2 is 2.00 bits per heavy atom. The molecule has 1 unspecified atom stereocenters. The van der Waals surface area contributed by atoms with Gasteiger partial charge in [-0.3, -0.25) is 14.3 Å². The van der Waals surface area contributed by atoms with Crippen LogP contribution in [0.2, 0.25) is 5.02 Å². The molecule has 3 rings (SSSR count). The number of hydrogen-bond acceptors (Lipinski definition) is 3. The van der Waals surface area contributed by atoms with E-state index < -0.39 is 0 Å². The quantitative estimate of drug-likeness (QED) is 0.709. The van der Waals surface area contributed by atoms with Crippen LogP contribution >= 0.6 is 11.6 Å². The second kappa shape index (κ2) is 7.16. The van der Waals surface area contributed by atoms with Crippen molar-refractivity contribution in [3.63, 3.8) is 0 Å². The number of nitrogens with zero attached hydrogens (tertiary/aromatic N) is 3. The molecule has 2 aromatic carbocycles. The molecule has 0 saturated heterocycles. The summed E-state index contributed by atoms with van der Waals surface area (Å²) in [5.41, 5.74) is 1.90. The van der Waals surface area contributed by atoms with Crippen molar-refractivity contribution in [1.29, 1.82) is 0 Å². The highest BCUT2D eigenvalue weighted by molar-refractivity contribution is 6.30. The lowest BCUT2D eigenvalue weighted by atomic mass is 10.1. The predicted octanol–water partition coefficient (Wildman–Crippen LogP) is 3.74. The number of halogens is 1. The molecule has 24 heavy (non-hydrogen) atoms. The van der Waals surface area contributed by atoms with Crippen molar-refractivity contribution in [3.8, 4) is 0 Å². The summed E-state index contributed by atoms with van der Waals surface area (Å²) in [6, 6.07) is 15.5. The van der Waals surface area contributed by atoms with Crippen LogP contribution in [0.15, 0.2) is 59.7 Å². The van der Waals surface area contributed by atoms with E-state index in [1.54, 1.807) is 10.9 Å². The summed E-state index contributed by atoms with van der Waals surface area (Å²) in [6.45, 7) is 3.47. The third-order valence-corrected chi connectivity index (χ3v) is 4.65. The largest absolute Gasteiger partial charge is 0.298 e. The van der Waals surface area contributed by atoms with Gasteiger partial charge in [0.05, 0.1) is 17.2 Å². The zero-order valence-electron chi connectivity index (χ0n) is 13.8. The summed E-state index contributed by atoms with van der Waals surface area (Å²) >= 11 is 6.07. The zero-order chi connectivity index (χ0) is 17.1. The van der Waals surface area contributed by atoms with Gasteiger partial charge in [0.1, 0.15) is 0 Å². The molecule has 0 amide bonds. The van der Waals surface area contributed by atoms with Crippen LogP contribution in [0, 0.1) is 0 Å². The van der Waals surface area contributed by atoms with Crippen molar-refractivity contribution in [1.82, 2.24) is 14.5 Å². The van der Waals surface area contributed by atoms with Crippen LogP contribution in [0.1, 0.15) is 18.5 Å². The van der Waals surface area contributed by atoms with Gasteiger partial charge in [0.25, 0.3) is 5.56 Å². The fraction of sp³-hybridized carbons (Fsp3) is 0.263. The van der Waals surface area contributed by atoms with Crippen molar-refractivity contribution in [2.24, 2.45) is 0 Å². The molecule has 1 atom stereocenters. The van der Waals surface area contributed by atoms with Gasteiger partial charge in [0, 0.05) is 24.2 Å². The number of para-hydroxylation sites is 1. The van der Waals surface area contributed by atoms with Gasteiger partial charge < -0.3 is 0 Å². The van der Waals surface area contributed by atoms with Crippen LogP contribution in [-0.2, 0) is 6.54 Å². The number of rotatable bonds is 5. The fourth-order valence-electron chi connectivity index (χ4n) is 2.75. The maximum Gasteiger partial charge on any atom is 0.261 e. The van der Waals surface area contributed by atoms with Crippen LogP contribution in [0.5, 0.6) is 0 Å². The predicted molar refractivity (Wildman–Crippen MR) is 98.5 cm³/mol. The molecule has 0 bridgehead atoms. The highest BCUT2D eigenvalue weighted by Gasteiger charge is 2.12. The Hall–Kier alpha value is -2.17. The molecular formula is C19H20ClN3O. The van der Waals surface area contributed by atoms with Crippen LogP contribution in [-0.4, -0.2) is 28.0 Å². The SMILES string of the molecule is CC(c1cccc(Cl)c1)N(C)CCn1cnc2ccccc2c1=O. The molecule has 3 aromatic rings. The molecule has 4 nitrogen and oxygen atoms in total. The molecule has 0 aliphatic heterocycles. The molecule has 0 radical (unpaired) electrons. The Bertz CT molecular complexity index is 906. The average molecular weight is 342 g/mol. The number of benzene rings is 2. The van der Waals surface area contributed by atoms with Gasteiger partial charge in [-0.05, 0) is 43.8 Å². The first kappa shape index (κ1) is 16.7. The average Bonchev–Trinajstić information content (AvgIpc) is 2.60. The molecule has 0 aliphatic carbocycles. The normalized spacial score (nSPS) is 12.7. The minimum Gasteiger partial charge on any atom is -0.298 e. The Balaban J connectivity index is 1.73. The second-order valence-electron chi connectivity index (χ2n) is 5.97. The summed E-state index contributed by atoms with van der Waals surface area (Å²) in [7, 11) is 2.05. The minimum absolute atomic E-state index is 0.00408. The molecule has 0 N–H and O–H groups in total. The minimum atomic E-state index is 0.00408. The summed E-state index contributed by atoms with van der Waals surface area (Å²) < 4.78 is 1.67. The molecule has 0 aliphatic rings. The van der Waals surface area contributed by atoms with E-state index in [1.807, 2.05) is 49.5 Å². The van der Waals surface area contributed by atoms with Crippen molar-refractivity contribution in [2.75, 3.05) is 13.6 Å². The van der Waals surface area contributed by atoms with Gasteiger partial charge in [-0.1, -0.05) is 35.9 Å². The van der Waals surface area contributed by atoms with Crippen molar-refractivity contribution in [2.45, 2.75) is 19.5 Å². The molecule has 1 aromatic heterocycles. The highest BCUT2D eigenvalue weighted by atomic mass is 35.5. The van der Waals surface area contributed by atoms with Gasteiger partial charge in [0.2, 0.25) is 0 Å². The lowest BCUT2D eigenvalue weighted by Gasteiger charge is -2.25. The summed E-state index contributed by atoms with van der Waals surface area (Å²) in [6.07, 6.45) is 1.63. The van der Waals surface area contributed by atoms with E-state index in [9.17, 15) is 4.79 Å². The Morgan fingerprint density at radius 1 is 1.21 bits per heavy atom. The third kappa shape index (κ3) is 3.50. The van der Waals surface area contributed by atoms with E-state index in [0.717, 1.165) is 22.6 Å². The van der Waals surface area contributed by atoms with Crippen LogP contribution < -0.4 is 5.56 Å². The van der Waals surface area contributed by atoms with Gasteiger partial charge in [-0.15, -0.1) is 0 Å². The maximum atomic E-state index is 12.5. The molecule has 0 saturated carbocycles. The number of fused-ring (bicyclic) bond motifs is 1.